The van der Waals surface area contributed by atoms with E-state index in [2.05, 4.69) is 29.5 Å². The average molecular weight is 264 g/mol. The summed E-state index contributed by atoms with van der Waals surface area (Å²) < 4.78 is 2.20. The van der Waals surface area contributed by atoms with E-state index in [1.807, 2.05) is 12.5 Å². The summed E-state index contributed by atoms with van der Waals surface area (Å²) in [6.45, 7) is 4.33. The van der Waals surface area contributed by atoms with Gasteiger partial charge in [0.15, 0.2) is 0 Å². The normalized spacial score (nSPS) is 19.0. The van der Waals surface area contributed by atoms with Gasteiger partial charge in [0.25, 0.3) is 0 Å². The lowest BCUT2D eigenvalue weighted by Gasteiger charge is -2.12. The van der Waals surface area contributed by atoms with E-state index in [1.54, 1.807) is 0 Å². The Morgan fingerprint density at radius 2 is 2.12 bits per heavy atom. The van der Waals surface area contributed by atoms with Crippen LogP contribution in [0.1, 0.15) is 38.4 Å². The monoisotopic (exact) mass is 263 g/mol. The number of halogens is 2. The fourth-order valence-electron chi connectivity index (χ4n) is 1.92. The maximum atomic E-state index is 5.88. The Morgan fingerprint density at radius 1 is 1.44 bits per heavy atom. The van der Waals surface area contributed by atoms with Crippen LogP contribution in [0.15, 0.2) is 18.6 Å². The molecule has 0 saturated heterocycles. The highest BCUT2D eigenvalue weighted by molar-refractivity contribution is 5.85. The van der Waals surface area contributed by atoms with Crippen LogP contribution in [0.25, 0.3) is 5.57 Å². The highest BCUT2D eigenvalue weighted by Crippen LogP contribution is 2.28. The molecule has 0 saturated carbocycles. The number of nitrogens with zero attached hydrogens (tertiary/aromatic N) is 2. The summed E-state index contributed by atoms with van der Waals surface area (Å²) in [6.07, 6.45) is 8.05. The van der Waals surface area contributed by atoms with Crippen molar-refractivity contribution in [2.75, 3.05) is 0 Å². The zero-order chi connectivity index (χ0) is 10.1. The van der Waals surface area contributed by atoms with Crippen molar-refractivity contribution < 1.29 is 0 Å². The van der Waals surface area contributed by atoms with E-state index >= 15 is 0 Å². The molecule has 1 aliphatic carbocycles. The van der Waals surface area contributed by atoms with Crippen LogP contribution in [0, 0.1) is 0 Å². The molecular weight excluding hydrogens is 245 g/mol. The van der Waals surface area contributed by atoms with E-state index in [4.69, 9.17) is 5.73 Å². The number of hydrogen-bond acceptors (Lipinski definition) is 2. The second-order valence-corrected chi connectivity index (χ2v) is 4.21. The van der Waals surface area contributed by atoms with Crippen molar-refractivity contribution in [1.82, 2.24) is 9.55 Å². The summed E-state index contributed by atoms with van der Waals surface area (Å²) >= 11 is 0. The molecule has 0 radical (unpaired) electrons. The van der Waals surface area contributed by atoms with Crippen molar-refractivity contribution in [2.45, 2.75) is 38.8 Å². The number of aromatic nitrogens is 2. The van der Waals surface area contributed by atoms with E-state index in [0.717, 1.165) is 12.8 Å². The molecule has 3 nitrogen and oxygen atoms in total. The van der Waals surface area contributed by atoms with E-state index in [-0.39, 0.29) is 24.8 Å². The first-order chi connectivity index (χ1) is 6.68. The van der Waals surface area contributed by atoms with Gasteiger partial charge in [0.05, 0.1) is 18.2 Å². The van der Waals surface area contributed by atoms with E-state index < -0.39 is 0 Å². The van der Waals surface area contributed by atoms with Crippen LogP contribution in [0.4, 0.5) is 0 Å². The smallest absolute Gasteiger partial charge is 0.0953 e. The maximum absolute atomic E-state index is 5.88. The van der Waals surface area contributed by atoms with E-state index in [9.17, 15) is 0 Å². The second-order valence-electron chi connectivity index (χ2n) is 4.21. The van der Waals surface area contributed by atoms with Crippen molar-refractivity contribution in [3.63, 3.8) is 0 Å². The van der Waals surface area contributed by atoms with Crippen molar-refractivity contribution in [3.8, 4) is 0 Å². The molecule has 1 aromatic rings. The van der Waals surface area contributed by atoms with Crippen molar-refractivity contribution in [3.05, 3.63) is 24.3 Å². The molecule has 2 N–H and O–H groups in total. The molecule has 1 heterocycles. The summed E-state index contributed by atoms with van der Waals surface area (Å²) in [5, 5.41) is 0. The number of imidazole rings is 1. The molecule has 2 rings (SSSR count). The van der Waals surface area contributed by atoms with Crippen LogP contribution in [0.3, 0.4) is 0 Å². The Balaban J connectivity index is 0.00000112. The van der Waals surface area contributed by atoms with Gasteiger partial charge >= 0.3 is 0 Å². The molecule has 1 atom stereocenters. The van der Waals surface area contributed by atoms with Crippen LogP contribution < -0.4 is 5.73 Å². The lowest BCUT2D eigenvalue weighted by atomic mass is 10.1. The van der Waals surface area contributed by atoms with E-state index in [1.165, 1.54) is 11.3 Å². The largest absolute Gasteiger partial charge is 0.328 e. The third-order valence-electron chi connectivity index (χ3n) is 2.70. The van der Waals surface area contributed by atoms with Gasteiger partial charge in [-0.3, -0.25) is 0 Å². The fourth-order valence-corrected chi connectivity index (χ4v) is 1.92. The Bertz CT molecular complexity index is 358. The zero-order valence-corrected chi connectivity index (χ0v) is 11.2. The first-order valence-corrected chi connectivity index (χ1v) is 5.15. The fraction of sp³-hybridized carbons (Fsp3) is 0.545. The van der Waals surface area contributed by atoms with Gasteiger partial charge in [-0.15, -0.1) is 24.8 Å². The van der Waals surface area contributed by atoms with Crippen LogP contribution in [0.5, 0.6) is 0 Å². The van der Waals surface area contributed by atoms with Gasteiger partial charge in [-0.2, -0.15) is 0 Å². The molecule has 0 spiro atoms. The minimum absolute atomic E-state index is 0. The van der Waals surface area contributed by atoms with Crippen LogP contribution >= 0.6 is 24.8 Å². The van der Waals surface area contributed by atoms with Gasteiger partial charge in [0, 0.05) is 12.1 Å². The molecule has 0 aliphatic heterocycles. The first kappa shape index (κ1) is 15.5. The molecule has 92 valence electrons. The number of hydrogen-bond donors (Lipinski definition) is 1. The quantitative estimate of drug-likeness (QED) is 0.892. The van der Waals surface area contributed by atoms with Crippen LogP contribution in [-0.2, 0) is 0 Å². The van der Waals surface area contributed by atoms with Crippen LogP contribution in [0.2, 0.25) is 0 Å². The lowest BCUT2D eigenvalue weighted by Crippen LogP contribution is -2.15. The molecule has 1 aliphatic rings. The lowest BCUT2D eigenvalue weighted by molar-refractivity contribution is 0.592. The van der Waals surface area contributed by atoms with Gasteiger partial charge in [-0.05, 0) is 32.3 Å². The van der Waals surface area contributed by atoms with Gasteiger partial charge in [-0.25, -0.2) is 4.98 Å². The predicted molar refractivity (Wildman–Crippen MR) is 72.3 cm³/mol. The Labute approximate surface area is 109 Å². The van der Waals surface area contributed by atoms with Crippen LogP contribution in [-0.4, -0.2) is 15.6 Å². The topological polar surface area (TPSA) is 43.8 Å². The summed E-state index contributed by atoms with van der Waals surface area (Å²) in [5.41, 5.74) is 8.46. The molecule has 1 unspecified atom stereocenters. The number of nitrogens with two attached hydrogens (primary N) is 1. The Morgan fingerprint density at radius 3 is 2.62 bits per heavy atom. The van der Waals surface area contributed by atoms with Crippen molar-refractivity contribution in [2.24, 2.45) is 5.73 Å². The third kappa shape index (κ3) is 3.00. The average Bonchev–Trinajstić information content (AvgIpc) is 2.70. The Kier molecular flexibility index (Phi) is 6.08. The molecule has 0 aromatic carbocycles. The molecule has 5 heteroatoms. The Hall–Kier alpha value is -0.510. The summed E-state index contributed by atoms with van der Waals surface area (Å²) in [6, 6.07) is 0.769. The van der Waals surface area contributed by atoms with Crippen molar-refractivity contribution >= 4 is 30.4 Å². The van der Waals surface area contributed by atoms with Gasteiger partial charge < -0.3 is 10.3 Å². The maximum Gasteiger partial charge on any atom is 0.0953 e. The molecule has 0 bridgehead atoms. The van der Waals surface area contributed by atoms with Crippen molar-refractivity contribution in [1.29, 1.82) is 0 Å². The summed E-state index contributed by atoms with van der Waals surface area (Å²) in [7, 11) is 0. The molecule has 0 amide bonds. The van der Waals surface area contributed by atoms with Gasteiger partial charge in [0.1, 0.15) is 0 Å². The SMILES string of the molecule is CC(C)n1cncc1C1=CCC(N)C1.Cl.Cl. The minimum Gasteiger partial charge on any atom is -0.328 e. The molecule has 16 heavy (non-hydrogen) atoms. The van der Waals surface area contributed by atoms with E-state index in [0.29, 0.717) is 12.1 Å². The summed E-state index contributed by atoms with van der Waals surface area (Å²) in [5.74, 6) is 0. The second kappa shape index (κ2) is 6.28. The molecular formula is C11H19Cl2N3. The molecule has 0 fully saturated rings. The molecule has 1 aromatic heterocycles. The minimum atomic E-state index is 0. The first-order valence-electron chi connectivity index (χ1n) is 5.15. The standard InChI is InChI=1S/C11H17N3.2ClH/c1-8(2)14-7-13-6-11(14)9-3-4-10(12)5-9;;/h3,6-8,10H,4-5,12H2,1-2H3;2*1H. The highest BCUT2D eigenvalue weighted by atomic mass is 35.5. The number of rotatable bonds is 2. The third-order valence-corrected chi connectivity index (χ3v) is 2.70. The highest BCUT2D eigenvalue weighted by Gasteiger charge is 2.17. The summed E-state index contributed by atoms with van der Waals surface area (Å²) in [4.78, 5) is 4.19. The predicted octanol–water partition coefficient (Wildman–Crippen LogP) is 2.81. The van der Waals surface area contributed by atoms with Gasteiger partial charge in [0.2, 0.25) is 0 Å². The van der Waals surface area contributed by atoms with Gasteiger partial charge in [-0.1, -0.05) is 6.08 Å². The zero-order valence-electron chi connectivity index (χ0n) is 9.59.